The van der Waals surface area contributed by atoms with Gasteiger partial charge in [-0.3, -0.25) is 9.89 Å². The van der Waals surface area contributed by atoms with Crippen molar-refractivity contribution in [3.05, 3.63) is 42.1 Å². The Balaban J connectivity index is 0.00000210. The van der Waals surface area contributed by atoms with Gasteiger partial charge in [-0.2, -0.15) is 18.3 Å². The molecule has 1 saturated carbocycles. The molecule has 0 spiro atoms. The van der Waals surface area contributed by atoms with Crippen LogP contribution >= 0.6 is 11.8 Å². The van der Waals surface area contributed by atoms with Crippen LogP contribution in [0.3, 0.4) is 0 Å². The molecule has 2 aliphatic rings. The molecule has 37 heavy (non-hydrogen) atoms. The maximum Gasteiger partial charge on any atom is 0.389 e. The molecule has 0 unspecified atom stereocenters. The van der Waals surface area contributed by atoms with E-state index in [0.29, 0.717) is 41.4 Å². The average Bonchev–Trinajstić information content (AvgIpc) is 3.59. The number of benzene rings is 1. The number of anilines is 4. The molecule has 0 bridgehead atoms. The van der Waals surface area contributed by atoms with Gasteiger partial charge in [0.2, 0.25) is 5.91 Å². The van der Waals surface area contributed by atoms with E-state index in [1.807, 2.05) is 17.9 Å². The molecule has 3 N–H and O–H groups in total. The van der Waals surface area contributed by atoms with Crippen LogP contribution in [0, 0.1) is 12.8 Å². The summed E-state index contributed by atoms with van der Waals surface area (Å²) in [6.45, 7) is 2.47. The molecule has 0 atom stereocenters. The minimum absolute atomic E-state index is 0. The topological polar surface area (TPSA) is 98.8 Å². The summed E-state index contributed by atoms with van der Waals surface area (Å²) in [6.07, 6.45) is -4.33. The van der Waals surface area contributed by atoms with Crippen molar-refractivity contribution in [2.45, 2.75) is 54.5 Å². The smallest absolute Gasteiger partial charge is 0.350 e. The highest BCUT2D eigenvalue weighted by Gasteiger charge is 2.54. The first-order valence-corrected chi connectivity index (χ1v) is 12.6. The van der Waals surface area contributed by atoms with E-state index in [1.54, 1.807) is 30.3 Å². The zero-order valence-corrected chi connectivity index (χ0v) is 20.7. The van der Waals surface area contributed by atoms with Crippen molar-refractivity contribution < 1.29 is 25.2 Å². The van der Waals surface area contributed by atoms with Crippen LogP contribution in [0.1, 0.15) is 34.2 Å². The molecule has 13 heteroatoms. The molecule has 1 saturated heterocycles. The molecule has 3 heterocycles. The summed E-state index contributed by atoms with van der Waals surface area (Å²) in [7, 11) is 0. The van der Waals surface area contributed by atoms with E-state index in [-0.39, 0.29) is 8.77 Å². The van der Waals surface area contributed by atoms with Gasteiger partial charge in [0.05, 0.1) is 19.5 Å². The number of aryl methyl sites for hydroxylation is 1. The molecule has 3 aromatic rings. The lowest BCUT2D eigenvalue weighted by Crippen LogP contribution is -2.60. The van der Waals surface area contributed by atoms with Crippen LogP contribution < -0.4 is 15.5 Å². The summed E-state index contributed by atoms with van der Waals surface area (Å²) in [4.78, 5) is 23.6. The highest BCUT2D eigenvalue weighted by Crippen LogP contribution is 2.48. The van der Waals surface area contributed by atoms with Crippen LogP contribution in [0.15, 0.2) is 46.5 Å². The molecule has 2 aromatic heterocycles. The quantitative estimate of drug-likeness (QED) is 0.223. The molecular weight excluding hydrogens is 510 g/mol. The predicted octanol–water partition coefficient (Wildman–Crippen LogP) is 6.11. The predicted molar refractivity (Wildman–Crippen MR) is 136 cm³/mol. The SMILES string of the molecule is Cc1cc(Nc2cc(N3CC(F)(C4CC4)C3)nc(Sc3ccc(NC(=O)CCC(F)(F)F)cc3)n2)n[nH]1.[HH].[HH]. The number of H-pyrrole nitrogens is 1. The number of hydrogen-bond acceptors (Lipinski definition) is 7. The number of alkyl halides is 4. The first-order chi connectivity index (χ1) is 17.5. The van der Waals surface area contributed by atoms with Gasteiger partial charge in [0.25, 0.3) is 0 Å². The molecule has 1 amide bonds. The maximum absolute atomic E-state index is 15.0. The fraction of sp³-hybridized carbons (Fsp3) is 0.417. The van der Waals surface area contributed by atoms with Crippen LogP contribution in [-0.4, -0.2) is 51.0 Å². The zero-order valence-electron chi connectivity index (χ0n) is 19.9. The van der Waals surface area contributed by atoms with Gasteiger partial charge in [0.15, 0.2) is 11.0 Å². The van der Waals surface area contributed by atoms with Gasteiger partial charge in [0.1, 0.15) is 17.3 Å². The van der Waals surface area contributed by atoms with Crippen LogP contribution in [0.2, 0.25) is 0 Å². The van der Waals surface area contributed by atoms with E-state index in [4.69, 9.17) is 0 Å². The zero-order chi connectivity index (χ0) is 26.2. The summed E-state index contributed by atoms with van der Waals surface area (Å²) >= 11 is 1.27. The molecule has 1 aromatic carbocycles. The van der Waals surface area contributed by atoms with E-state index in [9.17, 15) is 22.4 Å². The number of halogens is 4. The normalized spacial score (nSPS) is 16.8. The first kappa shape index (κ1) is 25.3. The Kier molecular flexibility index (Phi) is 6.73. The number of amides is 1. The summed E-state index contributed by atoms with van der Waals surface area (Å²) < 4.78 is 51.9. The number of carbonyl (C=O) groups excluding carboxylic acids is 1. The van der Waals surface area contributed by atoms with Gasteiger partial charge >= 0.3 is 6.18 Å². The van der Waals surface area contributed by atoms with E-state index >= 15 is 0 Å². The Morgan fingerprint density at radius 2 is 1.92 bits per heavy atom. The van der Waals surface area contributed by atoms with Gasteiger partial charge in [-0.1, -0.05) is 0 Å². The number of carbonyl (C=O) groups is 1. The van der Waals surface area contributed by atoms with E-state index < -0.39 is 30.6 Å². The van der Waals surface area contributed by atoms with Crippen molar-refractivity contribution in [2.24, 2.45) is 5.92 Å². The number of nitrogens with zero attached hydrogens (tertiary/aromatic N) is 4. The highest BCUT2D eigenvalue weighted by molar-refractivity contribution is 7.99. The molecule has 8 nitrogen and oxygen atoms in total. The molecule has 200 valence electrons. The third kappa shape index (κ3) is 6.51. The van der Waals surface area contributed by atoms with Gasteiger partial charge in [-0.15, -0.1) is 0 Å². The van der Waals surface area contributed by atoms with Crippen molar-refractivity contribution in [3.8, 4) is 0 Å². The fourth-order valence-electron chi connectivity index (χ4n) is 4.10. The minimum Gasteiger partial charge on any atom is -0.350 e. The van der Waals surface area contributed by atoms with E-state index in [1.165, 1.54) is 11.8 Å². The van der Waals surface area contributed by atoms with Crippen molar-refractivity contribution in [3.63, 3.8) is 0 Å². The molecular formula is C24H29F4N7OS. The van der Waals surface area contributed by atoms with Gasteiger partial charge in [-0.05, 0) is 61.7 Å². The Labute approximate surface area is 217 Å². The van der Waals surface area contributed by atoms with E-state index in [0.717, 1.165) is 23.4 Å². The van der Waals surface area contributed by atoms with Crippen LogP contribution in [0.25, 0.3) is 0 Å². The third-order valence-corrected chi connectivity index (χ3v) is 7.05. The van der Waals surface area contributed by atoms with Crippen LogP contribution in [0.4, 0.5) is 40.7 Å². The first-order valence-electron chi connectivity index (χ1n) is 11.8. The number of aromatic nitrogens is 4. The lowest BCUT2D eigenvalue weighted by molar-refractivity contribution is -0.142. The summed E-state index contributed by atoms with van der Waals surface area (Å²) in [6, 6.07) is 10.2. The molecule has 1 aliphatic heterocycles. The van der Waals surface area contributed by atoms with Gasteiger partial charge in [-0.25, -0.2) is 14.4 Å². The van der Waals surface area contributed by atoms with Crippen molar-refractivity contribution in [1.29, 1.82) is 0 Å². The number of nitrogens with one attached hydrogen (secondary N) is 3. The summed E-state index contributed by atoms with van der Waals surface area (Å²) in [5.74, 6) is 1.13. The van der Waals surface area contributed by atoms with Crippen molar-refractivity contribution >= 4 is 40.8 Å². The van der Waals surface area contributed by atoms with Crippen molar-refractivity contribution in [1.82, 2.24) is 20.2 Å². The molecule has 2 fully saturated rings. The summed E-state index contributed by atoms with van der Waals surface area (Å²) in [5, 5.41) is 13.1. The second-order valence-electron chi connectivity index (χ2n) is 9.41. The standard InChI is InChI=1S/C24H25F4N7OS.2H2/c1-14-10-19(34-33-14)30-18-11-20(35-12-23(25,13-35)15-2-3-15)32-22(31-18)37-17-6-4-16(5-7-17)29-21(36)8-9-24(26,27)28;;/h4-7,10-11,15H,2-3,8-9,12-13H2,1H3,(H,29,36)(H2,30,31,32,33,34);2*1H. The second-order valence-corrected chi connectivity index (χ2v) is 10.5. The Morgan fingerprint density at radius 1 is 1.19 bits per heavy atom. The monoisotopic (exact) mass is 539 g/mol. The largest absolute Gasteiger partial charge is 0.389 e. The lowest BCUT2D eigenvalue weighted by atomic mass is 9.91. The lowest BCUT2D eigenvalue weighted by Gasteiger charge is -2.45. The van der Waals surface area contributed by atoms with Gasteiger partial charge < -0.3 is 15.5 Å². The number of hydrogen-bond donors (Lipinski definition) is 3. The average molecular weight is 540 g/mol. The molecule has 0 radical (unpaired) electrons. The Hall–Kier alpha value is -3.35. The molecule has 5 rings (SSSR count). The van der Waals surface area contributed by atoms with Crippen molar-refractivity contribution in [2.75, 3.05) is 28.6 Å². The third-order valence-electron chi connectivity index (χ3n) is 6.18. The molecule has 1 aliphatic carbocycles. The number of aromatic amines is 1. The van der Waals surface area contributed by atoms with Crippen LogP contribution in [-0.2, 0) is 4.79 Å². The second kappa shape index (κ2) is 9.84. The minimum atomic E-state index is -4.38. The van der Waals surface area contributed by atoms with E-state index in [2.05, 4.69) is 30.8 Å². The van der Waals surface area contributed by atoms with Gasteiger partial charge in [0, 0.05) is 37.7 Å². The Morgan fingerprint density at radius 3 is 2.54 bits per heavy atom. The maximum atomic E-state index is 15.0. The van der Waals surface area contributed by atoms with Crippen LogP contribution in [0.5, 0.6) is 0 Å². The summed E-state index contributed by atoms with van der Waals surface area (Å²) in [5.41, 5.74) is 0.111. The fourth-order valence-corrected chi connectivity index (χ4v) is 4.86. The number of rotatable bonds is 9. The Bertz CT molecular complexity index is 1280. The highest BCUT2D eigenvalue weighted by atomic mass is 32.2.